The number of hydrogen-bond acceptors (Lipinski definition) is 3. The van der Waals surface area contributed by atoms with Crippen molar-refractivity contribution in [2.24, 2.45) is 5.11 Å². The van der Waals surface area contributed by atoms with Gasteiger partial charge in [0.25, 0.3) is 0 Å². The molecule has 5 nitrogen and oxygen atoms in total. The third-order valence-corrected chi connectivity index (χ3v) is 4.11. The van der Waals surface area contributed by atoms with Crippen molar-refractivity contribution >= 4 is 5.78 Å². The van der Waals surface area contributed by atoms with Crippen LogP contribution in [0.5, 0.6) is 5.75 Å². The zero-order valence-electron chi connectivity index (χ0n) is 12.9. The van der Waals surface area contributed by atoms with Gasteiger partial charge in [-0.25, -0.2) is 0 Å². The summed E-state index contributed by atoms with van der Waals surface area (Å²) in [6.07, 6.45) is 1.21. The Labute approximate surface area is 134 Å². The van der Waals surface area contributed by atoms with Gasteiger partial charge in [-0.2, -0.15) is 0 Å². The molecule has 0 aromatic heterocycles. The predicted octanol–water partition coefficient (Wildman–Crippen LogP) is 4.38. The number of aryl methyl sites for hydroxylation is 1. The van der Waals surface area contributed by atoms with Crippen molar-refractivity contribution < 1.29 is 9.53 Å². The Balaban J connectivity index is 1.90. The number of ketones is 1. The largest absolute Gasteiger partial charge is 0.488 e. The van der Waals surface area contributed by atoms with Gasteiger partial charge in [0.1, 0.15) is 18.4 Å². The van der Waals surface area contributed by atoms with E-state index in [2.05, 4.69) is 10.0 Å². The van der Waals surface area contributed by atoms with E-state index in [1.807, 2.05) is 43.3 Å². The van der Waals surface area contributed by atoms with Crippen molar-refractivity contribution in [3.8, 4) is 5.75 Å². The van der Waals surface area contributed by atoms with Crippen molar-refractivity contribution in [3.63, 3.8) is 0 Å². The van der Waals surface area contributed by atoms with E-state index in [1.54, 1.807) is 6.07 Å². The SMILES string of the molecule is Cc1ccc2c(c1OCc1ccccc1)CCC(N=[N+]=[N-])C2=O. The number of nitrogens with zero attached hydrogens (tertiary/aromatic N) is 3. The summed E-state index contributed by atoms with van der Waals surface area (Å²) in [4.78, 5) is 15.2. The van der Waals surface area contributed by atoms with Crippen molar-refractivity contribution in [3.05, 3.63) is 75.2 Å². The van der Waals surface area contributed by atoms with Crippen LogP contribution >= 0.6 is 0 Å². The second-order valence-corrected chi connectivity index (χ2v) is 5.64. The predicted molar refractivity (Wildman–Crippen MR) is 87.5 cm³/mol. The molecule has 2 aromatic rings. The molecule has 1 aliphatic rings. The second-order valence-electron chi connectivity index (χ2n) is 5.64. The molecule has 0 N–H and O–H groups in total. The van der Waals surface area contributed by atoms with Crippen molar-refractivity contribution in [2.75, 3.05) is 0 Å². The van der Waals surface area contributed by atoms with Crippen LogP contribution in [0.2, 0.25) is 0 Å². The van der Waals surface area contributed by atoms with Crippen LogP contribution in [-0.2, 0) is 13.0 Å². The quantitative estimate of drug-likeness (QED) is 0.477. The third-order valence-electron chi connectivity index (χ3n) is 4.11. The molecule has 2 aromatic carbocycles. The van der Waals surface area contributed by atoms with Crippen LogP contribution in [0.3, 0.4) is 0 Å². The maximum absolute atomic E-state index is 12.4. The second kappa shape index (κ2) is 6.55. The molecule has 0 amide bonds. The Hall–Kier alpha value is -2.78. The number of rotatable bonds is 4. The Morgan fingerprint density at radius 2 is 2.04 bits per heavy atom. The van der Waals surface area contributed by atoms with Gasteiger partial charge in [-0.15, -0.1) is 0 Å². The fourth-order valence-electron chi connectivity index (χ4n) is 2.92. The van der Waals surface area contributed by atoms with Gasteiger partial charge in [0.2, 0.25) is 0 Å². The summed E-state index contributed by atoms with van der Waals surface area (Å²) in [6, 6.07) is 13.0. The molecule has 0 aliphatic heterocycles. The number of fused-ring (bicyclic) bond motifs is 1. The molecular weight excluding hydrogens is 290 g/mol. The molecular formula is C18H17N3O2. The van der Waals surface area contributed by atoms with Crippen molar-refractivity contribution in [1.29, 1.82) is 0 Å². The number of carbonyl (C=O) groups is 1. The Bertz CT molecular complexity index is 780. The highest BCUT2D eigenvalue weighted by Crippen LogP contribution is 2.34. The average molecular weight is 307 g/mol. The minimum Gasteiger partial charge on any atom is -0.488 e. The zero-order chi connectivity index (χ0) is 16.2. The van der Waals surface area contributed by atoms with Gasteiger partial charge in [0.15, 0.2) is 5.78 Å². The first-order valence-electron chi connectivity index (χ1n) is 7.58. The number of hydrogen-bond donors (Lipinski definition) is 0. The minimum absolute atomic E-state index is 0.117. The maximum Gasteiger partial charge on any atom is 0.172 e. The average Bonchev–Trinajstić information content (AvgIpc) is 2.57. The summed E-state index contributed by atoms with van der Waals surface area (Å²) < 4.78 is 6.01. The van der Waals surface area contributed by atoms with Gasteiger partial charge in [-0.3, -0.25) is 4.79 Å². The van der Waals surface area contributed by atoms with Crippen LogP contribution < -0.4 is 4.74 Å². The fraction of sp³-hybridized carbons (Fsp3) is 0.278. The molecule has 0 radical (unpaired) electrons. The van der Waals surface area contributed by atoms with Crippen LogP contribution in [0.25, 0.3) is 10.4 Å². The number of ether oxygens (including phenoxy) is 1. The smallest absolute Gasteiger partial charge is 0.172 e. The van der Waals surface area contributed by atoms with E-state index >= 15 is 0 Å². The summed E-state index contributed by atoms with van der Waals surface area (Å²) in [5.74, 6) is 0.660. The van der Waals surface area contributed by atoms with Gasteiger partial charge < -0.3 is 4.74 Å². The molecule has 1 atom stereocenters. The lowest BCUT2D eigenvalue weighted by molar-refractivity contribution is 0.0947. The summed E-state index contributed by atoms with van der Waals surface area (Å²) in [7, 11) is 0. The first-order valence-corrected chi connectivity index (χ1v) is 7.58. The summed E-state index contributed by atoms with van der Waals surface area (Å²) in [5, 5.41) is 3.60. The van der Waals surface area contributed by atoms with Gasteiger partial charge in [-0.05, 0) is 36.4 Å². The molecule has 0 spiro atoms. The highest BCUT2D eigenvalue weighted by atomic mass is 16.5. The Morgan fingerprint density at radius 1 is 1.26 bits per heavy atom. The monoisotopic (exact) mass is 307 g/mol. The highest BCUT2D eigenvalue weighted by Gasteiger charge is 2.29. The number of carbonyl (C=O) groups excluding carboxylic acids is 1. The third kappa shape index (κ3) is 3.05. The lowest BCUT2D eigenvalue weighted by atomic mass is 9.86. The van der Waals surface area contributed by atoms with Crippen molar-refractivity contribution in [2.45, 2.75) is 32.4 Å². The molecule has 116 valence electrons. The van der Waals surface area contributed by atoms with Crippen LogP contribution in [0.15, 0.2) is 47.6 Å². The molecule has 0 heterocycles. The molecule has 1 aliphatic carbocycles. The molecule has 23 heavy (non-hydrogen) atoms. The molecule has 0 fully saturated rings. The van der Waals surface area contributed by atoms with E-state index < -0.39 is 6.04 Å². The first-order chi connectivity index (χ1) is 11.2. The fourth-order valence-corrected chi connectivity index (χ4v) is 2.92. The van der Waals surface area contributed by atoms with E-state index in [-0.39, 0.29) is 5.78 Å². The van der Waals surface area contributed by atoms with Crippen LogP contribution in [0.4, 0.5) is 0 Å². The van der Waals surface area contributed by atoms with E-state index in [0.717, 1.165) is 22.4 Å². The summed E-state index contributed by atoms with van der Waals surface area (Å²) in [5.41, 5.74) is 12.2. The zero-order valence-corrected chi connectivity index (χ0v) is 12.9. The summed E-state index contributed by atoms with van der Waals surface area (Å²) in [6.45, 7) is 2.44. The minimum atomic E-state index is -0.600. The molecule has 3 rings (SSSR count). The number of Topliss-reactive ketones (excluding diaryl/α,β-unsaturated/α-hetero) is 1. The normalized spacial score (nSPS) is 16.4. The Kier molecular flexibility index (Phi) is 4.31. The number of benzene rings is 2. The standard InChI is InChI=1S/C18H17N3O2/c1-12-7-8-14-15(9-10-16(17(14)22)20-21-19)18(12)23-11-13-5-3-2-4-6-13/h2-8,16H,9-11H2,1H3. The number of azide groups is 1. The van der Waals surface area contributed by atoms with Gasteiger partial charge >= 0.3 is 0 Å². The molecule has 1 unspecified atom stereocenters. The Morgan fingerprint density at radius 3 is 2.78 bits per heavy atom. The highest BCUT2D eigenvalue weighted by molar-refractivity contribution is 6.03. The van der Waals surface area contributed by atoms with Crippen LogP contribution in [-0.4, -0.2) is 11.8 Å². The van der Waals surface area contributed by atoms with Crippen molar-refractivity contribution in [1.82, 2.24) is 0 Å². The van der Waals surface area contributed by atoms with Crippen LogP contribution in [0.1, 0.15) is 33.5 Å². The lowest BCUT2D eigenvalue weighted by Crippen LogP contribution is -2.26. The van der Waals surface area contributed by atoms with Gasteiger partial charge in [-0.1, -0.05) is 47.6 Å². The van der Waals surface area contributed by atoms with E-state index in [4.69, 9.17) is 10.3 Å². The van der Waals surface area contributed by atoms with E-state index in [0.29, 0.717) is 25.0 Å². The van der Waals surface area contributed by atoms with E-state index in [1.165, 1.54) is 0 Å². The summed E-state index contributed by atoms with van der Waals surface area (Å²) >= 11 is 0. The molecule has 0 saturated carbocycles. The molecule has 0 saturated heterocycles. The topological polar surface area (TPSA) is 75.1 Å². The van der Waals surface area contributed by atoms with Crippen LogP contribution in [0, 0.1) is 6.92 Å². The van der Waals surface area contributed by atoms with Gasteiger partial charge in [0, 0.05) is 16.0 Å². The van der Waals surface area contributed by atoms with Gasteiger partial charge in [0.05, 0.1) is 0 Å². The lowest BCUT2D eigenvalue weighted by Gasteiger charge is -2.23. The molecule has 0 bridgehead atoms. The molecule has 5 heteroatoms. The first kappa shape index (κ1) is 15.1. The van der Waals surface area contributed by atoms with E-state index in [9.17, 15) is 4.79 Å². The maximum atomic E-state index is 12.4.